The highest BCUT2D eigenvalue weighted by Crippen LogP contribution is 2.65. The molecule has 1 aromatic rings. The standard InChI is InChI=1S/C26H32O4/c1-25-12-10-17(27)14-21(25)22(28)15-18-19-8-9-23(26(19,2)13-11-20(18)25)30-24(29)16-6-4-3-5-7-16/h3-7,18-21,23H,8-15H2,1-2H3/t18-,19-,20-,21+,23-,25+,26-/m0/s1. The first-order valence-corrected chi connectivity index (χ1v) is 11.6. The van der Waals surface area contributed by atoms with Crippen molar-refractivity contribution in [2.75, 3.05) is 0 Å². The Labute approximate surface area is 178 Å². The summed E-state index contributed by atoms with van der Waals surface area (Å²) in [5.74, 6) is 1.56. The van der Waals surface area contributed by atoms with Crippen molar-refractivity contribution in [2.24, 2.45) is 34.5 Å². The molecule has 30 heavy (non-hydrogen) atoms. The fourth-order valence-corrected chi connectivity index (χ4v) is 7.75. The Kier molecular flexibility index (Phi) is 4.68. The van der Waals surface area contributed by atoms with Crippen LogP contribution in [0.3, 0.4) is 0 Å². The molecule has 0 N–H and O–H groups in total. The number of carbonyl (C=O) groups excluding carboxylic acids is 3. The lowest BCUT2D eigenvalue weighted by Crippen LogP contribution is -2.57. The minimum Gasteiger partial charge on any atom is -0.458 e. The maximum absolute atomic E-state index is 13.1. The monoisotopic (exact) mass is 408 g/mol. The van der Waals surface area contributed by atoms with Gasteiger partial charge in [-0.25, -0.2) is 4.79 Å². The van der Waals surface area contributed by atoms with Gasteiger partial charge in [0.1, 0.15) is 17.7 Å². The number of benzene rings is 1. The second kappa shape index (κ2) is 7.03. The number of hydrogen-bond donors (Lipinski definition) is 0. The lowest BCUT2D eigenvalue weighted by Gasteiger charge is -2.59. The van der Waals surface area contributed by atoms with E-state index < -0.39 is 0 Å². The summed E-state index contributed by atoms with van der Waals surface area (Å²) in [7, 11) is 0. The highest BCUT2D eigenvalue weighted by atomic mass is 16.5. The molecule has 0 spiro atoms. The summed E-state index contributed by atoms with van der Waals surface area (Å²) < 4.78 is 6.05. The Morgan fingerprint density at radius 1 is 0.933 bits per heavy atom. The number of rotatable bonds is 2. The largest absolute Gasteiger partial charge is 0.458 e. The number of fused-ring (bicyclic) bond motifs is 5. The van der Waals surface area contributed by atoms with Crippen molar-refractivity contribution in [2.45, 2.75) is 71.3 Å². The van der Waals surface area contributed by atoms with Crippen LogP contribution in [-0.2, 0) is 14.3 Å². The van der Waals surface area contributed by atoms with Crippen LogP contribution in [-0.4, -0.2) is 23.6 Å². The van der Waals surface area contributed by atoms with Gasteiger partial charge in [0.15, 0.2) is 0 Å². The first kappa shape index (κ1) is 20.0. The maximum atomic E-state index is 13.1. The molecule has 0 amide bonds. The third kappa shape index (κ3) is 2.90. The Morgan fingerprint density at radius 3 is 2.43 bits per heavy atom. The van der Waals surface area contributed by atoms with E-state index in [0.717, 1.165) is 32.1 Å². The third-order valence-electron chi connectivity index (χ3n) is 9.45. The molecular formula is C26H32O4. The molecule has 5 rings (SSSR count). The van der Waals surface area contributed by atoms with Crippen molar-refractivity contribution >= 4 is 17.5 Å². The van der Waals surface area contributed by atoms with Crippen LogP contribution in [0.25, 0.3) is 0 Å². The SMILES string of the molecule is C[C@]12CCC(=O)C[C@@H]1C(=O)C[C@@H]1[C@@H]2CC[C@]2(C)[C@@H](OC(=O)c3ccccc3)CC[C@@H]12. The van der Waals surface area contributed by atoms with Crippen molar-refractivity contribution in [3.8, 4) is 0 Å². The van der Waals surface area contributed by atoms with Gasteiger partial charge in [0, 0.05) is 30.6 Å². The van der Waals surface area contributed by atoms with Gasteiger partial charge in [-0.15, -0.1) is 0 Å². The molecule has 0 heterocycles. The normalized spacial score (nSPS) is 42.8. The van der Waals surface area contributed by atoms with E-state index in [1.807, 2.05) is 18.2 Å². The second-order valence-corrected chi connectivity index (χ2v) is 10.7. The van der Waals surface area contributed by atoms with Crippen LogP contribution in [0.2, 0.25) is 0 Å². The van der Waals surface area contributed by atoms with E-state index in [2.05, 4.69) is 13.8 Å². The van der Waals surface area contributed by atoms with Crippen molar-refractivity contribution in [1.82, 2.24) is 0 Å². The molecule has 4 aliphatic carbocycles. The molecule has 0 aromatic heterocycles. The zero-order chi connectivity index (χ0) is 21.1. The Balaban J connectivity index is 1.38. The van der Waals surface area contributed by atoms with Gasteiger partial charge in [-0.05, 0) is 67.4 Å². The minimum atomic E-state index is -0.234. The van der Waals surface area contributed by atoms with E-state index in [1.54, 1.807) is 12.1 Å². The van der Waals surface area contributed by atoms with Gasteiger partial charge in [-0.2, -0.15) is 0 Å². The van der Waals surface area contributed by atoms with Gasteiger partial charge in [0.25, 0.3) is 0 Å². The van der Waals surface area contributed by atoms with Crippen LogP contribution in [0, 0.1) is 34.5 Å². The Hall–Kier alpha value is -1.97. The quantitative estimate of drug-likeness (QED) is 0.646. The van der Waals surface area contributed by atoms with Crippen LogP contribution in [0.4, 0.5) is 0 Å². The summed E-state index contributed by atoms with van der Waals surface area (Å²) >= 11 is 0. The zero-order valence-electron chi connectivity index (χ0n) is 18.1. The average Bonchev–Trinajstić information content (AvgIpc) is 3.06. The number of ketones is 2. The van der Waals surface area contributed by atoms with Crippen molar-refractivity contribution in [3.05, 3.63) is 35.9 Å². The summed E-state index contributed by atoms with van der Waals surface area (Å²) in [4.78, 5) is 37.9. The van der Waals surface area contributed by atoms with Crippen molar-refractivity contribution in [1.29, 1.82) is 0 Å². The first-order valence-electron chi connectivity index (χ1n) is 11.6. The number of esters is 1. The molecule has 7 atom stereocenters. The highest BCUT2D eigenvalue weighted by molar-refractivity contribution is 5.91. The molecule has 0 unspecified atom stereocenters. The lowest BCUT2D eigenvalue weighted by molar-refractivity contribution is -0.160. The summed E-state index contributed by atoms with van der Waals surface area (Å²) in [5.41, 5.74) is 0.515. The van der Waals surface area contributed by atoms with E-state index in [1.165, 1.54) is 0 Å². The molecule has 4 nitrogen and oxygen atoms in total. The molecule has 0 bridgehead atoms. The molecule has 4 heteroatoms. The summed E-state index contributed by atoms with van der Waals surface area (Å²) in [6.45, 7) is 4.57. The smallest absolute Gasteiger partial charge is 0.338 e. The molecule has 4 aliphatic rings. The molecule has 160 valence electrons. The summed E-state index contributed by atoms with van der Waals surface area (Å²) in [6.07, 6.45) is 6.50. The van der Waals surface area contributed by atoms with E-state index in [4.69, 9.17) is 4.74 Å². The van der Waals surface area contributed by atoms with E-state index in [9.17, 15) is 14.4 Å². The van der Waals surface area contributed by atoms with Crippen LogP contribution < -0.4 is 0 Å². The molecule has 0 saturated heterocycles. The fraction of sp³-hybridized carbons (Fsp3) is 0.654. The van der Waals surface area contributed by atoms with Gasteiger partial charge >= 0.3 is 5.97 Å². The topological polar surface area (TPSA) is 60.4 Å². The third-order valence-corrected chi connectivity index (χ3v) is 9.45. The Bertz CT molecular complexity index is 876. The first-order chi connectivity index (χ1) is 14.3. The van der Waals surface area contributed by atoms with Gasteiger partial charge < -0.3 is 4.74 Å². The fourth-order valence-electron chi connectivity index (χ4n) is 7.75. The molecule has 4 fully saturated rings. The predicted octanol–water partition coefficient (Wildman–Crippen LogP) is 5.00. The van der Waals surface area contributed by atoms with Crippen LogP contribution in [0.15, 0.2) is 30.3 Å². The average molecular weight is 409 g/mol. The molecular weight excluding hydrogens is 376 g/mol. The molecule has 0 radical (unpaired) electrons. The summed E-state index contributed by atoms with van der Waals surface area (Å²) in [5, 5.41) is 0. The number of Topliss-reactive ketones (excluding diaryl/α,β-unsaturated/α-hetero) is 2. The van der Waals surface area contributed by atoms with E-state index >= 15 is 0 Å². The van der Waals surface area contributed by atoms with Gasteiger partial charge in [0.05, 0.1) is 5.56 Å². The van der Waals surface area contributed by atoms with Gasteiger partial charge in [-0.1, -0.05) is 32.0 Å². The summed E-state index contributed by atoms with van der Waals surface area (Å²) in [6, 6.07) is 9.23. The van der Waals surface area contributed by atoms with Gasteiger partial charge in [-0.3, -0.25) is 9.59 Å². The molecule has 4 saturated carbocycles. The highest BCUT2D eigenvalue weighted by Gasteiger charge is 2.62. The predicted molar refractivity (Wildman–Crippen MR) is 113 cm³/mol. The number of hydrogen-bond acceptors (Lipinski definition) is 4. The van der Waals surface area contributed by atoms with Crippen LogP contribution in [0.5, 0.6) is 0 Å². The van der Waals surface area contributed by atoms with Crippen molar-refractivity contribution < 1.29 is 19.1 Å². The zero-order valence-corrected chi connectivity index (χ0v) is 18.1. The van der Waals surface area contributed by atoms with Crippen molar-refractivity contribution in [3.63, 3.8) is 0 Å². The molecule has 1 aromatic carbocycles. The Morgan fingerprint density at radius 2 is 1.67 bits per heavy atom. The molecule has 0 aliphatic heterocycles. The van der Waals surface area contributed by atoms with E-state index in [0.29, 0.717) is 48.4 Å². The second-order valence-electron chi connectivity index (χ2n) is 10.7. The number of ether oxygens (including phenoxy) is 1. The van der Waals surface area contributed by atoms with Crippen LogP contribution in [0.1, 0.15) is 75.6 Å². The lowest BCUT2D eigenvalue weighted by atomic mass is 9.45. The number of carbonyl (C=O) groups is 3. The maximum Gasteiger partial charge on any atom is 0.338 e. The van der Waals surface area contributed by atoms with E-state index in [-0.39, 0.29) is 34.6 Å². The van der Waals surface area contributed by atoms with Gasteiger partial charge in [0.2, 0.25) is 0 Å². The van der Waals surface area contributed by atoms with Crippen LogP contribution >= 0.6 is 0 Å². The minimum absolute atomic E-state index is 0.0337.